The van der Waals surface area contributed by atoms with E-state index in [1.165, 1.54) is 0 Å². The molecule has 114 valence electrons. The third kappa shape index (κ3) is 3.75. The van der Waals surface area contributed by atoms with Crippen LogP contribution < -0.4 is 10.0 Å². The minimum absolute atomic E-state index is 0.101. The molecule has 3 N–H and O–H groups in total. The van der Waals surface area contributed by atoms with Crippen molar-refractivity contribution in [3.05, 3.63) is 11.8 Å². The molecule has 0 bridgehead atoms. The molecule has 0 aromatic carbocycles. The molecule has 0 radical (unpaired) electrons. The lowest BCUT2D eigenvalue weighted by atomic mass is 10.3. The zero-order chi connectivity index (χ0) is 14.8. The maximum atomic E-state index is 12.3. The van der Waals surface area contributed by atoms with E-state index in [0.29, 0.717) is 24.7 Å². The monoisotopic (exact) mass is 318 g/mol. The van der Waals surface area contributed by atoms with Gasteiger partial charge >= 0.3 is 0 Å². The van der Waals surface area contributed by atoms with E-state index >= 15 is 0 Å². The molecule has 0 amide bonds. The fourth-order valence-electron chi connectivity index (χ4n) is 1.86. The van der Waals surface area contributed by atoms with Crippen LogP contribution in [0.3, 0.4) is 0 Å². The minimum Gasteiger partial charge on any atom is -0.310 e. The average molecular weight is 318 g/mol. The van der Waals surface area contributed by atoms with Gasteiger partial charge in [-0.3, -0.25) is 5.10 Å². The number of aromatic nitrogens is 2. The molecule has 0 saturated heterocycles. The quantitative estimate of drug-likeness (QED) is 0.668. The number of sulfonamides is 1. The largest absolute Gasteiger partial charge is 0.310 e. The van der Waals surface area contributed by atoms with Crippen molar-refractivity contribution in [2.24, 2.45) is 0 Å². The van der Waals surface area contributed by atoms with Gasteiger partial charge in [0.1, 0.15) is 0 Å². The van der Waals surface area contributed by atoms with Crippen LogP contribution >= 0.6 is 11.8 Å². The number of hydrogen-bond acceptors (Lipinski definition) is 5. The SMILES string of the molecule is CSC1(CNS(=O)(=O)c2[nH]ncc2CNC(C)C)CC1. The highest BCUT2D eigenvalue weighted by molar-refractivity contribution is 8.00. The van der Waals surface area contributed by atoms with Crippen molar-refractivity contribution in [2.45, 2.75) is 49.0 Å². The molecule has 8 heteroatoms. The van der Waals surface area contributed by atoms with E-state index in [1.807, 2.05) is 20.1 Å². The normalized spacial score (nSPS) is 17.6. The Bertz CT molecular complexity index is 550. The molecular formula is C12H22N4O2S2. The lowest BCUT2D eigenvalue weighted by Crippen LogP contribution is -2.33. The van der Waals surface area contributed by atoms with Crippen molar-refractivity contribution in [3.63, 3.8) is 0 Å². The average Bonchev–Trinajstić information content (AvgIpc) is 3.02. The van der Waals surface area contributed by atoms with E-state index in [0.717, 1.165) is 12.8 Å². The molecule has 1 aromatic rings. The first-order valence-corrected chi connectivity index (χ1v) is 9.40. The predicted octanol–water partition coefficient (Wildman–Crippen LogP) is 1.08. The van der Waals surface area contributed by atoms with Crippen molar-refractivity contribution in [1.29, 1.82) is 0 Å². The second-order valence-electron chi connectivity index (χ2n) is 5.47. The van der Waals surface area contributed by atoms with E-state index in [4.69, 9.17) is 0 Å². The summed E-state index contributed by atoms with van der Waals surface area (Å²) in [7, 11) is -3.52. The molecule has 1 aliphatic carbocycles. The van der Waals surface area contributed by atoms with Gasteiger partial charge in [-0.1, -0.05) is 13.8 Å². The van der Waals surface area contributed by atoms with Crippen molar-refractivity contribution >= 4 is 21.8 Å². The molecule has 6 nitrogen and oxygen atoms in total. The Morgan fingerprint density at radius 2 is 2.20 bits per heavy atom. The fourth-order valence-corrected chi connectivity index (χ4v) is 3.93. The van der Waals surface area contributed by atoms with Crippen molar-refractivity contribution in [3.8, 4) is 0 Å². The Morgan fingerprint density at radius 3 is 2.75 bits per heavy atom. The van der Waals surface area contributed by atoms with Gasteiger partial charge < -0.3 is 5.32 Å². The number of nitrogens with one attached hydrogen (secondary N) is 3. The number of rotatable bonds is 8. The molecular weight excluding hydrogens is 296 g/mol. The van der Waals surface area contributed by atoms with Crippen LogP contribution in [0.1, 0.15) is 32.3 Å². The van der Waals surface area contributed by atoms with Gasteiger partial charge in [0, 0.05) is 29.4 Å². The summed E-state index contributed by atoms with van der Waals surface area (Å²) in [6.45, 7) is 4.99. The maximum absolute atomic E-state index is 12.3. The van der Waals surface area contributed by atoms with E-state index in [1.54, 1.807) is 18.0 Å². The van der Waals surface area contributed by atoms with Crippen LogP contribution in [0.5, 0.6) is 0 Å². The maximum Gasteiger partial charge on any atom is 0.257 e. The lowest BCUT2D eigenvalue weighted by molar-refractivity contribution is 0.563. The van der Waals surface area contributed by atoms with E-state index in [2.05, 4.69) is 20.2 Å². The smallest absolute Gasteiger partial charge is 0.257 e. The topological polar surface area (TPSA) is 86.9 Å². The van der Waals surface area contributed by atoms with E-state index in [-0.39, 0.29) is 9.77 Å². The molecule has 1 fully saturated rings. The van der Waals surface area contributed by atoms with Crippen LogP contribution in [0.4, 0.5) is 0 Å². The first kappa shape index (κ1) is 15.8. The summed E-state index contributed by atoms with van der Waals surface area (Å²) in [5, 5.41) is 9.82. The van der Waals surface area contributed by atoms with Gasteiger partial charge in [-0.2, -0.15) is 16.9 Å². The molecule has 1 saturated carbocycles. The van der Waals surface area contributed by atoms with Gasteiger partial charge in [0.25, 0.3) is 10.0 Å². The molecule has 0 spiro atoms. The summed E-state index contributed by atoms with van der Waals surface area (Å²) in [6.07, 6.45) is 5.73. The van der Waals surface area contributed by atoms with Crippen molar-refractivity contribution < 1.29 is 8.42 Å². The summed E-state index contributed by atoms with van der Waals surface area (Å²) >= 11 is 1.73. The van der Waals surface area contributed by atoms with E-state index in [9.17, 15) is 8.42 Å². The van der Waals surface area contributed by atoms with Gasteiger partial charge in [0.15, 0.2) is 5.03 Å². The highest BCUT2D eigenvalue weighted by Crippen LogP contribution is 2.46. The van der Waals surface area contributed by atoms with Crippen molar-refractivity contribution in [2.75, 3.05) is 12.8 Å². The highest BCUT2D eigenvalue weighted by Gasteiger charge is 2.42. The fraction of sp³-hybridized carbons (Fsp3) is 0.750. The van der Waals surface area contributed by atoms with Gasteiger partial charge in [-0.25, -0.2) is 13.1 Å². The van der Waals surface area contributed by atoms with Gasteiger partial charge in [0.2, 0.25) is 0 Å². The van der Waals surface area contributed by atoms with Crippen LogP contribution in [0.25, 0.3) is 0 Å². The Kier molecular flexibility index (Phi) is 4.78. The molecule has 0 aliphatic heterocycles. The van der Waals surface area contributed by atoms with Crippen LogP contribution in [0.15, 0.2) is 11.2 Å². The Hall–Kier alpha value is -0.570. The van der Waals surface area contributed by atoms with Crippen LogP contribution in [0, 0.1) is 0 Å². The summed E-state index contributed by atoms with van der Waals surface area (Å²) in [5.41, 5.74) is 0.667. The first-order chi connectivity index (χ1) is 9.38. The molecule has 1 aliphatic rings. The summed E-state index contributed by atoms with van der Waals surface area (Å²) in [4.78, 5) is 0. The second kappa shape index (κ2) is 6.05. The molecule has 0 atom stereocenters. The lowest BCUT2D eigenvalue weighted by Gasteiger charge is -2.14. The predicted molar refractivity (Wildman–Crippen MR) is 81.2 cm³/mol. The number of nitrogens with zero attached hydrogens (tertiary/aromatic N) is 1. The Labute approximate surface area is 124 Å². The summed E-state index contributed by atoms with van der Waals surface area (Å²) in [5.74, 6) is 0. The van der Waals surface area contributed by atoms with Gasteiger partial charge in [0.05, 0.1) is 6.20 Å². The van der Waals surface area contributed by atoms with E-state index < -0.39 is 10.0 Å². The summed E-state index contributed by atoms with van der Waals surface area (Å²) in [6, 6.07) is 0.291. The van der Waals surface area contributed by atoms with Gasteiger partial charge in [-0.15, -0.1) is 0 Å². The highest BCUT2D eigenvalue weighted by atomic mass is 32.2. The van der Waals surface area contributed by atoms with Crippen LogP contribution in [0.2, 0.25) is 0 Å². The first-order valence-electron chi connectivity index (χ1n) is 6.69. The van der Waals surface area contributed by atoms with Crippen LogP contribution in [-0.2, 0) is 16.6 Å². The molecule has 1 heterocycles. The zero-order valence-corrected chi connectivity index (χ0v) is 13.7. The number of H-pyrrole nitrogens is 1. The van der Waals surface area contributed by atoms with Crippen LogP contribution in [-0.4, -0.2) is 42.2 Å². The second-order valence-corrected chi connectivity index (χ2v) is 8.45. The molecule has 20 heavy (non-hydrogen) atoms. The zero-order valence-electron chi connectivity index (χ0n) is 12.1. The van der Waals surface area contributed by atoms with Gasteiger partial charge in [-0.05, 0) is 19.1 Å². The molecule has 1 aromatic heterocycles. The Morgan fingerprint density at radius 1 is 1.50 bits per heavy atom. The third-order valence-corrected chi connectivity index (χ3v) is 6.31. The number of hydrogen-bond donors (Lipinski definition) is 3. The third-order valence-electron chi connectivity index (χ3n) is 3.47. The van der Waals surface area contributed by atoms with Crippen molar-refractivity contribution in [1.82, 2.24) is 20.2 Å². The molecule has 2 rings (SSSR count). The standard InChI is InChI=1S/C12H22N4O2S2/c1-9(2)13-6-10-7-14-16-11(10)20(17,18)15-8-12(19-3)4-5-12/h7,9,13,15H,4-6,8H2,1-3H3,(H,14,16). The number of aromatic amines is 1. The summed E-state index contributed by atoms with van der Waals surface area (Å²) < 4.78 is 27.5. The minimum atomic E-state index is -3.52. The Balaban J connectivity index is 2.03. The molecule has 0 unspecified atom stereocenters. The number of thioether (sulfide) groups is 1.